The third kappa shape index (κ3) is 4.88. The Hall–Kier alpha value is -3.30. The van der Waals surface area contributed by atoms with Gasteiger partial charge in [-0.3, -0.25) is 0 Å². The zero-order valence-corrected chi connectivity index (χ0v) is 12.6. The van der Waals surface area contributed by atoms with Crippen molar-refractivity contribution >= 4 is 0 Å². The van der Waals surface area contributed by atoms with Gasteiger partial charge in [-0.2, -0.15) is 10.5 Å². The Labute approximate surface area is 136 Å². The number of nitrogens with zero attached hydrogens (tertiary/aromatic N) is 2. The minimum absolute atomic E-state index is 0.648. The highest BCUT2D eigenvalue weighted by Gasteiger charge is 1.98. The Morgan fingerprint density at radius 2 is 1.17 bits per heavy atom. The number of hydrogen-bond acceptors (Lipinski definition) is 3. The second-order valence-electron chi connectivity index (χ2n) is 4.83. The van der Waals surface area contributed by atoms with E-state index in [1.807, 2.05) is 48.6 Å². The summed E-state index contributed by atoms with van der Waals surface area (Å²) in [4.78, 5) is 0. The molecule has 112 valence electrons. The van der Waals surface area contributed by atoms with E-state index < -0.39 is 0 Å². The van der Waals surface area contributed by atoms with E-state index in [4.69, 9.17) is 15.3 Å². The zero-order chi connectivity index (χ0) is 16.3. The lowest BCUT2D eigenvalue weighted by atomic mass is 10.1. The molecule has 0 unspecified atom stereocenters. The van der Waals surface area contributed by atoms with Crippen LogP contribution in [-0.4, -0.2) is 0 Å². The molecule has 0 radical (unpaired) electrons. The highest BCUT2D eigenvalue weighted by molar-refractivity contribution is 5.39. The molecule has 3 heteroatoms. The van der Waals surface area contributed by atoms with Crippen molar-refractivity contribution in [2.24, 2.45) is 0 Å². The molecule has 0 fully saturated rings. The molecule has 0 aliphatic rings. The van der Waals surface area contributed by atoms with Crippen molar-refractivity contribution in [3.05, 3.63) is 95.5 Å². The van der Waals surface area contributed by atoms with Crippen LogP contribution in [0.25, 0.3) is 0 Å². The molecule has 0 atom stereocenters. The molecule has 23 heavy (non-hydrogen) atoms. The minimum atomic E-state index is 0.648. The van der Waals surface area contributed by atoms with E-state index in [1.165, 1.54) is 0 Å². The summed E-state index contributed by atoms with van der Waals surface area (Å²) in [5.41, 5.74) is 3.31. The molecule has 0 aromatic heterocycles. The summed E-state index contributed by atoms with van der Waals surface area (Å²) in [6.45, 7) is 0. The van der Waals surface area contributed by atoms with Crippen molar-refractivity contribution in [1.82, 2.24) is 0 Å². The van der Waals surface area contributed by atoms with Gasteiger partial charge < -0.3 is 4.74 Å². The molecule has 0 heterocycles. The van der Waals surface area contributed by atoms with Crippen LogP contribution in [0.15, 0.2) is 73.2 Å². The highest BCUT2D eigenvalue weighted by Crippen LogP contribution is 2.09. The van der Waals surface area contributed by atoms with Gasteiger partial charge in [0, 0.05) is 0 Å². The molecule has 2 aromatic carbocycles. The average Bonchev–Trinajstić information content (AvgIpc) is 2.61. The first-order chi connectivity index (χ1) is 11.3. The van der Waals surface area contributed by atoms with Crippen LogP contribution in [0.2, 0.25) is 0 Å². The second kappa shape index (κ2) is 8.87. The molecular weight excluding hydrogens is 284 g/mol. The van der Waals surface area contributed by atoms with Crippen LogP contribution in [0.4, 0.5) is 0 Å². The molecule has 0 saturated heterocycles. The lowest BCUT2D eigenvalue weighted by molar-refractivity contribution is 0.399. The summed E-state index contributed by atoms with van der Waals surface area (Å²) in [6.07, 6.45) is 8.22. The smallest absolute Gasteiger partial charge is 0.0994 e. The summed E-state index contributed by atoms with van der Waals surface area (Å²) < 4.78 is 5.30. The summed E-state index contributed by atoms with van der Waals surface area (Å²) in [7, 11) is 0. The van der Waals surface area contributed by atoms with E-state index in [2.05, 4.69) is 12.1 Å². The first-order valence-corrected chi connectivity index (χ1v) is 7.26. The predicted molar refractivity (Wildman–Crippen MR) is 89.1 cm³/mol. The zero-order valence-electron chi connectivity index (χ0n) is 12.6. The summed E-state index contributed by atoms with van der Waals surface area (Å²) in [5.74, 6) is 0. The molecule has 0 amide bonds. The fourth-order valence-electron chi connectivity index (χ4n) is 2.12. The molecular formula is C20H16N2O. The molecule has 0 N–H and O–H groups in total. The molecule has 0 aliphatic heterocycles. The Morgan fingerprint density at radius 3 is 1.61 bits per heavy atom. The molecule has 2 aromatic rings. The second-order valence-corrected chi connectivity index (χ2v) is 4.83. The Morgan fingerprint density at radius 1 is 0.739 bits per heavy atom. The van der Waals surface area contributed by atoms with Crippen molar-refractivity contribution in [2.75, 3.05) is 0 Å². The van der Waals surface area contributed by atoms with Crippen molar-refractivity contribution in [1.29, 1.82) is 10.5 Å². The first kappa shape index (κ1) is 16.1. The summed E-state index contributed by atoms with van der Waals surface area (Å²) in [5, 5.41) is 18.0. The SMILES string of the molecule is N#Cc1ccccc1CC=COC=CCc1ccccc1C#N. The summed E-state index contributed by atoms with van der Waals surface area (Å²) in [6, 6.07) is 19.3. The topological polar surface area (TPSA) is 56.8 Å². The molecule has 0 saturated carbocycles. The van der Waals surface area contributed by atoms with Gasteiger partial charge in [0.25, 0.3) is 0 Å². The van der Waals surface area contributed by atoms with Gasteiger partial charge in [0.2, 0.25) is 0 Å². The molecule has 0 aliphatic carbocycles. The third-order valence-corrected chi connectivity index (χ3v) is 3.30. The van der Waals surface area contributed by atoms with Gasteiger partial charge in [-0.1, -0.05) is 36.4 Å². The monoisotopic (exact) mass is 300 g/mol. The molecule has 3 nitrogen and oxygen atoms in total. The van der Waals surface area contributed by atoms with Crippen LogP contribution < -0.4 is 0 Å². The Bertz CT molecular complexity index is 724. The molecule has 0 bridgehead atoms. The fourth-order valence-corrected chi connectivity index (χ4v) is 2.12. The number of ether oxygens (including phenoxy) is 1. The molecule has 0 spiro atoms. The fraction of sp³-hybridized carbons (Fsp3) is 0.100. The Kier molecular flexibility index (Phi) is 6.20. The number of nitriles is 2. The normalized spacial score (nSPS) is 10.5. The number of hydrogen-bond donors (Lipinski definition) is 0. The van der Waals surface area contributed by atoms with Crippen LogP contribution in [-0.2, 0) is 17.6 Å². The largest absolute Gasteiger partial charge is 0.473 e. The molecule has 2 rings (SSSR count). The van der Waals surface area contributed by atoms with Crippen LogP contribution >= 0.6 is 0 Å². The van der Waals surface area contributed by atoms with Crippen molar-refractivity contribution in [3.63, 3.8) is 0 Å². The van der Waals surface area contributed by atoms with Gasteiger partial charge in [0.15, 0.2) is 0 Å². The van der Waals surface area contributed by atoms with E-state index in [1.54, 1.807) is 24.7 Å². The van der Waals surface area contributed by atoms with E-state index in [0.717, 1.165) is 11.1 Å². The first-order valence-electron chi connectivity index (χ1n) is 7.26. The van der Waals surface area contributed by atoms with Gasteiger partial charge in [-0.15, -0.1) is 0 Å². The lowest BCUT2D eigenvalue weighted by Gasteiger charge is -1.99. The van der Waals surface area contributed by atoms with E-state index in [9.17, 15) is 0 Å². The van der Waals surface area contributed by atoms with Crippen molar-refractivity contribution in [3.8, 4) is 12.1 Å². The van der Waals surface area contributed by atoms with Gasteiger partial charge in [0.1, 0.15) is 0 Å². The van der Waals surface area contributed by atoms with Crippen molar-refractivity contribution in [2.45, 2.75) is 12.8 Å². The maximum atomic E-state index is 9.00. The van der Waals surface area contributed by atoms with Gasteiger partial charge in [0.05, 0.1) is 35.8 Å². The standard InChI is InChI=1S/C20H16N2O/c21-15-19-9-3-1-7-17(19)11-5-13-23-14-6-12-18-8-2-4-10-20(18)16-22/h1-10,13-14H,11-12H2. The van der Waals surface area contributed by atoms with Gasteiger partial charge in [-0.05, 0) is 48.3 Å². The maximum Gasteiger partial charge on any atom is 0.0994 e. The average molecular weight is 300 g/mol. The van der Waals surface area contributed by atoms with Crippen LogP contribution in [0.1, 0.15) is 22.3 Å². The van der Waals surface area contributed by atoms with E-state index >= 15 is 0 Å². The summed E-state index contributed by atoms with van der Waals surface area (Å²) >= 11 is 0. The predicted octanol–water partition coefficient (Wildman–Crippen LogP) is 4.26. The minimum Gasteiger partial charge on any atom is -0.473 e. The number of rotatable bonds is 6. The van der Waals surface area contributed by atoms with Gasteiger partial charge >= 0.3 is 0 Å². The highest BCUT2D eigenvalue weighted by atomic mass is 16.5. The van der Waals surface area contributed by atoms with Crippen LogP contribution in [0.3, 0.4) is 0 Å². The Balaban J connectivity index is 1.81. The van der Waals surface area contributed by atoms with Crippen LogP contribution in [0.5, 0.6) is 0 Å². The number of allylic oxidation sites excluding steroid dienone is 2. The van der Waals surface area contributed by atoms with E-state index in [-0.39, 0.29) is 0 Å². The number of benzene rings is 2. The van der Waals surface area contributed by atoms with E-state index in [0.29, 0.717) is 24.0 Å². The van der Waals surface area contributed by atoms with Crippen molar-refractivity contribution < 1.29 is 4.74 Å². The van der Waals surface area contributed by atoms with Crippen LogP contribution in [0, 0.1) is 22.7 Å². The quantitative estimate of drug-likeness (QED) is 0.749. The maximum absolute atomic E-state index is 9.00. The third-order valence-electron chi connectivity index (χ3n) is 3.30. The lowest BCUT2D eigenvalue weighted by Crippen LogP contribution is -1.87. The van der Waals surface area contributed by atoms with Gasteiger partial charge in [-0.25, -0.2) is 0 Å².